The number of carbonyl (C=O) groups is 1. The Morgan fingerprint density at radius 3 is 2.95 bits per heavy atom. The topological polar surface area (TPSA) is 90.5 Å². The molecule has 1 unspecified atom stereocenters. The third kappa shape index (κ3) is 3.15. The summed E-state index contributed by atoms with van der Waals surface area (Å²) in [4.78, 5) is 16.7. The fraction of sp³-hybridized carbons (Fsp3) is 0.643. The normalized spacial score (nSPS) is 18.0. The molecule has 0 bridgehead atoms. The van der Waals surface area contributed by atoms with E-state index in [2.05, 4.69) is 52.4 Å². The van der Waals surface area contributed by atoms with Crippen LogP contribution in [-0.2, 0) is 29.7 Å². The van der Waals surface area contributed by atoms with E-state index in [-0.39, 0.29) is 23.9 Å². The van der Waals surface area contributed by atoms with E-state index in [1.54, 1.807) is 0 Å². The van der Waals surface area contributed by atoms with Crippen molar-refractivity contribution in [1.82, 2.24) is 35.1 Å². The minimum atomic E-state index is -0.0723. The van der Waals surface area contributed by atoms with Gasteiger partial charge in [-0.3, -0.25) is 4.79 Å². The zero-order valence-electron chi connectivity index (χ0n) is 13.2. The van der Waals surface area contributed by atoms with Gasteiger partial charge >= 0.3 is 0 Å². The number of carbonyl (C=O) groups excluding carboxylic acids is 1. The zero-order chi connectivity index (χ0) is 15.7. The molecule has 2 aromatic heterocycles. The lowest BCUT2D eigenvalue weighted by molar-refractivity contribution is -0.122. The summed E-state index contributed by atoms with van der Waals surface area (Å²) in [5.74, 6) is 1.04. The molecule has 1 atom stereocenters. The van der Waals surface area contributed by atoms with Crippen LogP contribution in [0.5, 0.6) is 0 Å². The molecular formula is C14H21N7O. The molecule has 1 aliphatic rings. The van der Waals surface area contributed by atoms with Gasteiger partial charge in [-0.2, -0.15) is 0 Å². The molecule has 1 N–H and O–H groups in total. The molecule has 0 spiro atoms. The molecule has 8 nitrogen and oxygen atoms in total. The molecular weight excluding hydrogens is 282 g/mol. The van der Waals surface area contributed by atoms with E-state index in [1.807, 2.05) is 0 Å². The fourth-order valence-corrected chi connectivity index (χ4v) is 2.60. The van der Waals surface area contributed by atoms with E-state index >= 15 is 0 Å². The van der Waals surface area contributed by atoms with Crippen LogP contribution in [0.2, 0.25) is 0 Å². The molecule has 22 heavy (non-hydrogen) atoms. The molecule has 0 saturated heterocycles. The number of aromatic nitrogens is 6. The standard InChI is InChI=1S/C14H21N7O/c1-14(2,3)11-7-20-6-10(4-5-12(20)17-11)16-13(22)8-21-9-15-18-19-21/h7,9-10H,4-6,8H2,1-3H3,(H,16,22). The second-order valence-electron chi connectivity index (χ2n) is 6.76. The summed E-state index contributed by atoms with van der Waals surface area (Å²) in [6.45, 7) is 7.39. The third-order valence-electron chi connectivity index (χ3n) is 3.82. The molecule has 1 aliphatic heterocycles. The lowest BCUT2D eigenvalue weighted by Gasteiger charge is -2.24. The Balaban J connectivity index is 1.62. The van der Waals surface area contributed by atoms with Crippen molar-refractivity contribution in [2.45, 2.75) is 58.2 Å². The maximum Gasteiger partial charge on any atom is 0.242 e. The Morgan fingerprint density at radius 1 is 1.45 bits per heavy atom. The lowest BCUT2D eigenvalue weighted by atomic mass is 9.93. The minimum absolute atomic E-state index is 0.0448. The highest BCUT2D eigenvalue weighted by Crippen LogP contribution is 2.24. The minimum Gasteiger partial charge on any atom is -0.350 e. The second-order valence-corrected chi connectivity index (χ2v) is 6.76. The number of hydrogen-bond donors (Lipinski definition) is 1. The predicted octanol–water partition coefficient (Wildman–Crippen LogP) is 0.298. The molecule has 8 heteroatoms. The monoisotopic (exact) mass is 303 g/mol. The molecule has 0 radical (unpaired) electrons. The number of tetrazole rings is 1. The first-order valence-electron chi connectivity index (χ1n) is 7.48. The highest BCUT2D eigenvalue weighted by molar-refractivity contribution is 5.75. The van der Waals surface area contributed by atoms with Crippen LogP contribution in [-0.4, -0.2) is 41.7 Å². The van der Waals surface area contributed by atoms with Gasteiger partial charge in [-0.05, 0) is 16.8 Å². The number of nitrogens with one attached hydrogen (secondary N) is 1. The van der Waals surface area contributed by atoms with Crippen molar-refractivity contribution >= 4 is 5.91 Å². The Hall–Kier alpha value is -2.25. The summed E-state index contributed by atoms with van der Waals surface area (Å²) >= 11 is 0. The summed E-state index contributed by atoms with van der Waals surface area (Å²) in [5.41, 5.74) is 1.14. The largest absolute Gasteiger partial charge is 0.350 e. The number of hydrogen-bond acceptors (Lipinski definition) is 5. The van der Waals surface area contributed by atoms with Gasteiger partial charge in [0, 0.05) is 30.6 Å². The van der Waals surface area contributed by atoms with Gasteiger partial charge in [0.05, 0.1) is 5.69 Å². The summed E-state index contributed by atoms with van der Waals surface area (Å²) in [6.07, 6.45) is 5.33. The van der Waals surface area contributed by atoms with E-state index in [0.29, 0.717) is 0 Å². The molecule has 0 fully saturated rings. The molecule has 0 aliphatic carbocycles. The average molecular weight is 303 g/mol. The summed E-state index contributed by atoms with van der Waals surface area (Å²) in [7, 11) is 0. The van der Waals surface area contributed by atoms with Crippen molar-refractivity contribution in [3.05, 3.63) is 24.0 Å². The van der Waals surface area contributed by atoms with Crippen molar-refractivity contribution in [2.24, 2.45) is 0 Å². The average Bonchev–Trinajstić information content (AvgIpc) is 3.06. The van der Waals surface area contributed by atoms with Gasteiger partial charge in [0.15, 0.2) is 0 Å². The molecule has 3 heterocycles. The molecule has 0 saturated carbocycles. The van der Waals surface area contributed by atoms with E-state index < -0.39 is 0 Å². The van der Waals surface area contributed by atoms with Gasteiger partial charge in [-0.1, -0.05) is 20.8 Å². The van der Waals surface area contributed by atoms with Crippen LogP contribution in [0.15, 0.2) is 12.5 Å². The number of amides is 1. The number of fused-ring (bicyclic) bond motifs is 1. The van der Waals surface area contributed by atoms with Gasteiger partial charge in [0.25, 0.3) is 0 Å². The quantitative estimate of drug-likeness (QED) is 0.880. The maximum absolute atomic E-state index is 12.0. The van der Waals surface area contributed by atoms with Gasteiger partial charge in [-0.25, -0.2) is 9.67 Å². The first-order chi connectivity index (χ1) is 10.4. The molecule has 0 aromatic carbocycles. The summed E-state index contributed by atoms with van der Waals surface area (Å²) in [6, 6.07) is 0.124. The van der Waals surface area contributed by atoms with Crippen molar-refractivity contribution < 1.29 is 4.79 Å². The van der Waals surface area contributed by atoms with Gasteiger partial charge in [-0.15, -0.1) is 5.10 Å². The number of imidazole rings is 1. The second kappa shape index (κ2) is 5.51. The maximum atomic E-state index is 12.0. The molecule has 118 valence electrons. The van der Waals surface area contributed by atoms with Crippen molar-refractivity contribution in [3.63, 3.8) is 0 Å². The van der Waals surface area contributed by atoms with Crippen LogP contribution in [0.4, 0.5) is 0 Å². The highest BCUT2D eigenvalue weighted by Gasteiger charge is 2.25. The molecule has 1 amide bonds. The Bertz CT molecular complexity index is 653. The Kier molecular flexibility index (Phi) is 3.67. The van der Waals surface area contributed by atoms with Crippen LogP contribution >= 0.6 is 0 Å². The van der Waals surface area contributed by atoms with Crippen LogP contribution in [0.25, 0.3) is 0 Å². The van der Waals surface area contributed by atoms with E-state index in [1.165, 1.54) is 11.0 Å². The van der Waals surface area contributed by atoms with Gasteiger partial charge in [0.2, 0.25) is 5.91 Å². The van der Waals surface area contributed by atoms with Crippen molar-refractivity contribution in [1.29, 1.82) is 0 Å². The van der Waals surface area contributed by atoms with Crippen LogP contribution < -0.4 is 5.32 Å². The van der Waals surface area contributed by atoms with Crippen LogP contribution in [0, 0.1) is 0 Å². The molecule has 3 rings (SSSR count). The smallest absolute Gasteiger partial charge is 0.242 e. The van der Waals surface area contributed by atoms with Crippen LogP contribution in [0.3, 0.4) is 0 Å². The van der Waals surface area contributed by atoms with Crippen molar-refractivity contribution in [2.75, 3.05) is 0 Å². The first kappa shape index (κ1) is 14.7. The number of rotatable bonds is 3. The predicted molar refractivity (Wildman–Crippen MR) is 79.0 cm³/mol. The summed E-state index contributed by atoms with van der Waals surface area (Å²) < 4.78 is 3.57. The lowest BCUT2D eigenvalue weighted by Crippen LogP contribution is -2.42. The van der Waals surface area contributed by atoms with Gasteiger partial charge in [0.1, 0.15) is 18.7 Å². The zero-order valence-corrected chi connectivity index (χ0v) is 13.2. The third-order valence-corrected chi connectivity index (χ3v) is 3.82. The Morgan fingerprint density at radius 2 is 2.27 bits per heavy atom. The van der Waals surface area contributed by atoms with Crippen LogP contribution in [0.1, 0.15) is 38.7 Å². The van der Waals surface area contributed by atoms with Crippen molar-refractivity contribution in [3.8, 4) is 0 Å². The fourth-order valence-electron chi connectivity index (χ4n) is 2.60. The van der Waals surface area contributed by atoms with Gasteiger partial charge < -0.3 is 9.88 Å². The summed E-state index contributed by atoms with van der Waals surface area (Å²) in [5, 5.41) is 13.8. The molecule has 2 aromatic rings. The highest BCUT2D eigenvalue weighted by atomic mass is 16.2. The first-order valence-corrected chi connectivity index (χ1v) is 7.48. The number of aryl methyl sites for hydroxylation is 1. The van der Waals surface area contributed by atoms with E-state index in [4.69, 9.17) is 4.98 Å². The Labute approximate surface area is 128 Å². The SMILES string of the molecule is CC(C)(C)c1cn2c(n1)CCC(NC(=O)Cn1cnnn1)C2. The van der Waals surface area contributed by atoms with E-state index in [0.717, 1.165) is 30.9 Å². The van der Waals surface area contributed by atoms with E-state index in [9.17, 15) is 4.79 Å². The number of nitrogens with zero attached hydrogens (tertiary/aromatic N) is 6.